The van der Waals surface area contributed by atoms with E-state index < -0.39 is 9.84 Å². The Morgan fingerprint density at radius 3 is 2.55 bits per heavy atom. The number of Topliss-reactive ketones (excluding diaryl/α,β-unsaturated/α-hetero) is 1. The van der Waals surface area contributed by atoms with Gasteiger partial charge in [-0.2, -0.15) is 5.10 Å². The smallest absolute Gasteiger partial charge is 0.227 e. The van der Waals surface area contributed by atoms with Crippen molar-refractivity contribution in [1.82, 2.24) is 19.7 Å². The lowest BCUT2D eigenvalue weighted by atomic mass is 10.0. The van der Waals surface area contributed by atoms with Gasteiger partial charge in [-0.1, -0.05) is 18.5 Å². The molecule has 0 atom stereocenters. The van der Waals surface area contributed by atoms with Gasteiger partial charge in [0.1, 0.15) is 15.6 Å². The highest BCUT2D eigenvalue weighted by Gasteiger charge is 2.14. The van der Waals surface area contributed by atoms with E-state index in [4.69, 9.17) is 16.3 Å². The van der Waals surface area contributed by atoms with E-state index in [9.17, 15) is 13.2 Å². The van der Waals surface area contributed by atoms with Crippen LogP contribution >= 0.6 is 11.6 Å². The summed E-state index contributed by atoms with van der Waals surface area (Å²) < 4.78 is 29.4. The van der Waals surface area contributed by atoms with Gasteiger partial charge >= 0.3 is 0 Å². The Kier molecular flexibility index (Phi) is 8.04. The molecular weight excluding hydrogens is 466 g/mol. The third-order valence-corrected chi connectivity index (χ3v) is 6.30. The van der Waals surface area contributed by atoms with Crippen molar-refractivity contribution in [3.8, 4) is 5.75 Å². The molecule has 2 aromatic heterocycles. The van der Waals surface area contributed by atoms with Crippen LogP contribution in [0.5, 0.6) is 5.75 Å². The molecule has 9 nitrogen and oxygen atoms in total. The number of methoxy groups -OCH3 is 1. The number of hydrogen-bond donors (Lipinski definition) is 1. The summed E-state index contributed by atoms with van der Waals surface area (Å²) in [6.07, 6.45) is 9.55. The monoisotopic (exact) mass is 491 g/mol. The van der Waals surface area contributed by atoms with Gasteiger partial charge in [0, 0.05) is 36.8 Å². The van der Waals surface area contributed by atoms with Gasteiger partial charge in [0.2, 0.25) is 5.95 Å². The molecule has 0 aliphatic heterocycles. The molecule has 0 saturated carbocycles. The molecule has 0 saturated heterocycles. The molecule has 3 rings (SSSR count). The Morgan fingerprint density at radius 2 is 1.91 bits per heavy atom. The summed E-state index contributed by atoms with van der Waals surface area (Å²) >= 11 is 6.44. The standard InChI is InChI=1S/C22H26ClN5O4S/c1-4-19(29)17-9-16(21(23)20(10-17)32-2)6-5-15-11-24-22(25-12-15)27-18-13-26-28(14-18)7-8-33(3,30)31/h9-14H,4-8H2,1-3H3,(H,24,25,27). The second kappa shape index (κ2) is 10.8. The van der Waals surface area contributed by atoms with Crippen LogP contribution in [0.3, 0.4) is 0 Å². The molecule has 0 radical (unpaired) electrons. The highest BCUT2D eigenvalue weighted by atomic mass is 35.5. The van der Waals surface area contributed by atoms with E-state index >= 15 is 0 Å². The van der Waals surface area contributed by atoms with E-state index in [1.54, 1.807) is 35.5 Å². The lowest BCUT2D eigenvalue weighted by Crippen LogP contribution is -2.11. The van der Waals surface area contributed by atoms with E-state index in [-0.39, 0.29) is 18.1 Å². The second-order valence-electron chi connectivity index (χ2n) is 7.59. The molecule has 1 aromatic carbocycles. The summed E-state index contributed by atoms with van der Waals surface area (Å²) in [7, 11) is -1.53. The highest BCUT2D eigenvalue weighted by Crippen LogP contribution is 2.31. The molecule has 0 aliphatic rings. The minimum absolute atomic E-state index is 0.0186. The van der Waals surface area contributed by atoms with E-state index in [1.165, 1.54) is 13.4 Å². The van der Waals surface area contributed by atoms with Gasteiger partial charge in [0.25, 0.3) is 0 Å². The van der Waals surface area contributed by atoms with Crippen LogP contribution < -0.4 is 10.1 Å². The van der Waals surface area contributed by atoms with Crippen LogP contribution in [0.1, 0.15) is 34.8 Å². The van der Waals surface area contributed by atoms with Crippen molar-refractivity contribution in [2.75, 3.05) is 24.4 Å². The molecule has 0 spiro atoms. The number of ether oxygens (including phenoxy) is 1. The molecule has 0 fully saturated rings. The van der Waals surface area contributed by atoms with Gasteiger partial charge in [-0.25, -0.2) is 18.4 Å². The zero-order valence-electron chi connectivity index (χ0n) is 18.7. The average Bonchev–Trinajstić information content (AvgIpc) is 3.24. The Bertz CT molecular complexity index is 1230. The van der Waals surface area contributed by atoms with Crippen molar-refractivity contribution >= 4 is 38.9 Å². The van der Waals surface area contributed by atoms with Crippen LogP contribution in [0.15, 0.2) is 36.9 Å². The fraction of sp³-hybridized carbons (Fsp3) is 0.364. The quantitative estimate of drug-likeness (QED) is 0.405. The first kappa shape index (κ1) is 24.7. The number of nitrogens with zero attached hydrogens (tertiary/aromatic N) is 4. The number of anilines is 2. The van der Waals surface area contributed by atoms with Crippen molar-refractivity contribution < 1.29 is 17.9 Å². The molecule has 2 heterocycles. The largest absolute Gasteiger partial charge is 0.495 e. The van der Waals surface area contributed by atoms with Crippen LogP contribution in [0.4, 0.5) is 11.6 Å². The zero-order chi connectivity index (χ0) is 24.0. The molecule has 0 unspecified atom stereocenters. The molecular formula is C22H26ClN5O4S. The van der Waals surface area contributed by atoms with Crippen LogP contribution in [-0.4, -0.2) is 53.1 Å². The third kappa shape index (κ3) is 7.00. The van der Waals surface area contributed by atoms with Gasteiger partial charge in [-0.15, -0.1) is 0 Å². The first-order valence-electron chi connectivity index (χ1n) is 10.4. The number of aryl methyl sites for hydroxylation is 3. The molecule has 11 heteroatoms. The summed E-state index contributed by atoms with van der Waals surface area (Å²) in [5.41, 5.74) is 2.98. The number of hydrogen-bond acceptors (Lipinski definition) is 8. The van der Waals surface area contributed by atoms with Crippen molar-refractivity contribution in [3.63, 3.8) is 0 Å². The summed E-state index contributed by atoms with van der Waals surface area (Å²) in [6.45, 7) is 2.09. The maximum atomic E-state index is 12.1. The minimum atomic E-state index is -3.06. The normalized spacial score (nSPS) is 11.4. The zero-order valence-corrected chi connectivity index (χ0v) is 20.3. The van der Waals surface area contributed by atoms with Crippen molar-refractivity contribution in [3.05, 3.63) is 58.6 Å². The number of rotatable bonds is 11. The van der Waals surface area contributed by atoms with Gasteiger partial charge in [-0.3, -0.25) is 9.48 Å². The number of sulfone groups is 1. The predicted octanol–water partition coefficient (Wildman–Crippen LogP) is 3.50. The van der Waals surface area contributed by atoms with Gasteiger partial charge in [0.15, 0.2) is 5.78 Å². The Morgan fingerprint density at radius 1 is 1.18 bits per heavy atom. The Hall–Kier alpha value is -2.98. The summed E-state index contributed by atoms with van der Waals surface area (Å²) in [4.78, 5) is 20.8. The maximum absolute atomic E-state index is 12.1. The number of aromatic nitrogens is 4. The maximum Gasteiger partial charge on any atom is 0.227 e. The lowest BCUT2D eigenvalue weighted by Gasteiger charge is -2.12. The number of carbonyl (C=O) groups is 1. The predicted molar refractivity (Wildman–Crippen MR) is 127 cm³/mol. The second-order valence-corrected chi connectivity index (χ2v) is 10.2. The molecule has 0 bridgehead atoms. The number of nitrogens with one attached hydrogen (secondary N) is 1. The van der Waals surface area contributed by atoms with E-state index in [1.807, 2.05) is 13.0 Å². The van der Waals surface area contributed by atoms with Gasteiger partial charge in [-0.05, 0) is 36.1 Å². The molecule has 33 heavy (non-hydrogen) atoms. The number of carbonyl (C=O) groups excluding carboxylic acids is 1. The topological polar surface area (TPSA) is 116 Å². The van der Waals surface area contributed by atoms with Crippen molar-refractivity contribution in [1.29, 1.82) is 0 Å². The number of ketones is 1. The molecule has 176 valence electrons. The number of halogens is 1. The van der Waals surface area contributed by atoms with Crippen molar-refractivity contribution in [2.45, 2.75) is 32.7 Å². The highest BCUT2D eigenvalue weighted by molar-refractivity contribution is 7.90. The van der Waals surface area contributed by atoms with E-state index in [0.29, 0.717) is 47.2 Å². The van der Waals surface area contributed by atoms with Gasteiger partial charge in [0.05, 0.1) is 36.3 Å². The molecule has 3 aromatic rings. The van der Waals surface area contributed by atoms with Crippen LogP contribution in [0, 0.1) is 0 Å². The summed E-state index contributed by atoms with van der Waals surface area (Å²) in [5, 5.41) is 7.67. The number of benzene rings is 1. The average molecular weight is 492 g/mol. The fourth-order valence-electron chi connectivity index (χ4n) is 3.12. The molecule has 0 aliphatic carbocycles. The molecule has 0 amide bonds. The lowest BCUT2D eigenvalue weighted by molar-refractivity contribution is 0.0987. The first-order valence-corrected chi connectivity index (χ1v) is 12.8. The summed E-state index contributed by atoms with van der Waals surface area (Å²) in [6, 6.07) is 3.49. The van der Waals surface area contributed by atoms with Crippen LogP contribution in [0.25, 0.3) is 0 Å². The van der Waals surface area contributed by atoms with Crippen molar-refractivity contribution in [2.24, 2.45) is 0 Å². The fourth-order valence-corrected chi connectivity index (χ4v) is 3.92. The van der Waals surface area contributed by atoms with E-state index in [0.717, 1.165) is 11.1 Å². The van der Waals surface area contributed by atoms with Crippen LogP contribution in [-0.2, 0) is 29.2 Å². The summed E-state index contributed by atoms with van der Waals surface area (Å²) in [5.74, 6) is 0.935. The third-order valence-electron chi connectivity index (χ3n) is 4.95. The Balaban J connectivity index is 1.63. The van der Waals surface area contributed by atoms with E-state index in [2.05, 4.69) is 20.4 Å². The SMILES string of the molecule is CCC(=O)c1cc(CCc2cnc(Nc3cnn(CCS(C)(=O)=O)c3)nc2)c(Cl)c(OC)c1. The van der Waals surface area contributed by atoms with Gasteiger partial charge < -0.3 is 10.1 Å². The van der Waals surface area contributed by atoms with Crippen LogP contribution in [0.2, 0.25) is 5.02 Å². The Labute approximate surface area is 198 Å². The molecule has 1 N–H and O–H groups in total. The first-order chi connectivity index (χ1) is 15.7. The minimum Gasteiger partial charge on any atom is -0.495 e.